The van der Waals surface area contributed by atoms with Gasteiger partial charge in [0.15, 0.2) is 0 Å². The SMILES string of the molecule is Cc1nc(CN(C)S(=O)(=O)c2cc(N)cc(F)c2)cs1. The molecule has 0 bridgehead atoms. The molecule has 20 heavy (non-hydrogen) atoms. The molecule has 8 heteroatoms. The lowest BCUT2D eigenvalue weighted by molar-refractivity contribution is 0.462. The molecule has 0 aliphatic heterocycles. The Kier molecular flexibility index (Phi) is 4.07. The second-order valence-corrected chi connectivity index (χ2v) is 7.45. The number of halogens is 1. The summed E-state index contributed by atoms with van der Waals surface area (Å²) in [5, 5.41) is 2.65. The van der Waals surface area contributed by atoms with Crippen LogP contribution in [0, 0.1) is 12.7 Å². The number of aryl methyl sites for hydroxylation is 1. The Morgan fingerprint density at radius 3 is 2.65 bits per heavy atom. The number of sulfonamides is 1. The van der Waals surface area contributed by atoms with Crippen LogP contribution in [0.4, 0.5) is 10.1 Å². The van der Waals surface area contributed by atoms with E-state index >= 15 is 0 Å². The maximum absolute atomic E-state index is 13.3. The number of benzene rings is 1. The molecule has 2 aromatic rings. The third kappa shape index (κ3) is 3.14. The Hall–Kier alpha value is -1.51. The predicted molar refractivity (Wildman–Crippen MR) is 76.3 cm³/mol. The highest BCUT2D eigenvalue weighted by molar-refractivity contribution is 7.89. The van der Waals surface area contributed by atoms with E-state index in [1.54, 1.807) is 5.38 Å². The maximum atomic E-state index is 13.3. The van der Waals surface area contributed by atoms with Crippen LogP contribution in [0.2, 0.25) is 0 Å². The van der Waals surface area contributed by atoms with Crippen molar-refractivity contribution in [2.45, 2.75) is 18.4 Å². The molecule has 1 aromatic carbocycles. The predicted octanol–water partition coefficient (Wildman–Crippen LogP) is 1.99. The molecule has 0 radical (unpaired) electrons. The molecule has 2 N–H and O–H groups in total. The second-order valence-electron chi connectivity index (χ2n) is 4.34. The van der Waals surface area contributed by atoms with Crippen molar-refractivity contribution >= 4 is 27.0 Å². The van der Waals surface area contributed by atoms with E-state index in [-0.39, 0.29) is 17.1 Å². The molecular weight excluding hydrogens is 301 g/mol. The van der Waals surface area contributed by atoms with Crippen molar-refractivity contribution in [3.8, 4) is 0 Å². The Balaban J connectivity index is 2.29. The molecular formula is C12H14FN3O2S2. The number of nitrogens with zero attached hydrogens (tertiary/aromatic N) is 2. The number of nitrogen functional groups attached to an aromatic ring is 1. The van der Waals surface area contributed by atoms with E-state index in [1.807, 2.05) is 6.92 Å². The van der Waals surface area contributed by atoms with Gasteiger partial charge < -0.3 is 5.73 Å². The highest BCUT2D eigenvalue weighted by Crippen LogP contribution is 2.21. The van der Waals surface area contributed by atoms with Gasteiger partial charge in [-0.3, -0.25) is 0 Å². The molecule has 0 atom stereocenters. The summed E-state index contributed by atoms with van der Waals surface area (Å²) in [7, 11) is -2.37. The zero-order valence-corrected chi connectivity index (χ0v) is 12.6. The normalized spacial score (nSPS) is 12.0. The van der Waals surface area contributed by atoms with Crippen molar-refractivity contribution in [3.05, 3.63) is 40.1 Å². The average Bonchev–Trinajstić information content (AvgIpc) is 2.73. The molecule has 108 valence electrons. The number of anilines is 1. The molecule has 0 aliphatic rings. The smallest absolute Gasteiger partial charge is 0.243 e. The number of nitrogens with two attached hydrogens (primary N) is 1. The summed E-state index contributed by atoms with van der Waals surface area (Å²) in [5.74, 6) is -0.679. The summed E-state index contributed by atoms with van der Waals surface area (Å²) in [4.78, 5) is 4.04. The van der Waals surface area contributed by atoms with E-state index < -0.39 is 15.8 Å². The van der Waals surface area contributed by atoms with E-state index in [2.05, 4.69) is 4.98 Å². The van der Waals surface area contributed by atoms with Gasteiger partial charge in [-0.2, -0.15) is 4.31 Å². The Morgan fingerprint density at radius 2 is 2.10 bits per heavy atom. The largest absolute Gasteiger partial charge is 0.399 e. The summed E-state index contributed by atoms with van der Waals surface area (Å²) in [6.45, 7) is 1.97. The van der Waals surface area contributed by atoms with Gasteiger partial charge in [-0.1, -0.05) is 0 Å². The molecule has 1 heterocycles. The first kappa shape index (κ1) is 14.9. The van der Waals surface area contributed by atoms with Crippen LogP contribution in [0.1, 0.15) is 10.7 Å². The minimum Gasteiger partial charge on any atom is -0.399 e. The molecule has 0 fully saturated rings. The van der Waals surface area contributed by atoms with Crippen LogP contribution < -0.4 is 5.73 Å². The number of thiazole rings is 1. The molecule has 1 aromatic heterocycles. The van der Waals surface area contributed by atoms with Crippen molar-refractivity contribution in [2.24, 2.45) is 0 Å². The van der Waals surface area contributed by atoms with E-state index in [0.717, 1.165) is 21.4 Å². The molecule has 5 nitrogen and oxygen atoms in total. The van der Waals surface area contributed by atoms with Gasteiger partial charge >= 0.3 is 0 Å². The third-order valence-corrected chi connectivity index (χ3v) is 5.26. The number of hydrogen-bond donors (Lipinski definition) is 1. The zero-order chi connectivity index (χ0) is 14.9. The summed E-state index contributed by atoms with van der Waals surface area (Å²) in [6.07, 6.45) is 0. The van der Waals surface area contributed by atoms with Gasteiger partial charge in [0.25, 0.3) is 0 Å². The third-order valence-electron chi connectivity index (χ3n) is 2.65. The van der Waals surface area contributed by atoms with Crippen LogP contribution in [-0.4, -0.2) is 24.8 Å². The first-order valence-electron chi connectivity index (χ1n) is 5.72. The van der Waals surface area contributed by atoms with Crippen molar-refractivity contribution < 1.29 is 12.8 Å². The highest BCUT2D eigenvalue weighted by atomic mass is 32.2. The van der Waals surface area contributed by atoms with Gasteiger partial charge in [-0.05, 0) is 25.1 Å². The summed E-state index contributed by atoms with van der Waals surface area (Å²) < 4.78 is 39.1. The summed E-state index contributed by atoms with van der Waals surface area (Å²) >= 11 is 1.45. The van der Waals surface area contributed by atoms with Crippen molar-refractivity contribution in [1.29, 1.82) is 0 Å². The lowest BCUT2D eigenvalue weighted by Gasteiger charge is -2.16. The second kappa shape index (κ2) is 5.47. The molecule has 0 spiro atoms. The van der Waals surface area contributed by atoms with Gasteiger partial charge in [-0.25, -0.2) is 17.8 Å². The van der Waals surface area contributed by atoms with E-state index in [9.17, 15) is 12.8 Å². The molecule has 0 amide bonds. The van der Waals surface area contributed by atoms with Crippen LogP contribution in [0.3, 0.4) is 0 Å². The Bertz CT molecular complexity index is 708. The number of rotatable bonds is 4. The Morgan fingerprint density at radius 1 is 1.40 bits per heavy atom. The maximum Gasteiger partial charge on any atom is 0.243 e. The van der Waals surface area contributed by atoms with Crippen LogP contribution in [-0.2, 0) is 16.6 Å². The van der Waals surface area contributed by atoms with Gasteiger partial charge in [0, 0.05) is 18.1 Å². The molecule has 0 aliphatic carbocycles. The minimum atomic E-state index is -3.79. The monoisotopic (exact) mass is 315 g/mol. The lowest BCUT2D eigenvalue weighted by Crippen LogP contribution is -2.26. The van der Waals surface area contributed by atoms with Gasteiger partial charge in [0.2, 0.25) is 10.0 Å². The van der Waals surface area contributed by atoms with E-state index in [4.69, 9.17) is 5.73 Å². The standard InChI is InChI=1S/C12H14FN3O2S2/c1-8-15-11(7-19-8)6-16(2)20(17,18)12-4-9(13)3-10(14)5-12/h3-5,7H,6,14H2,1-2H3. The van der Waals surface area contributed by atoms with E-state index in [1.165, 1.54) is 24.5 Å². The minimum absolute atomic E-state index is 0.0708. The fourth-order valence-electron chi connectivity index (χ4n) is 1.71. The van der Waals surface area contributed by atoms with Crippen LogP contribution >= 0.6 is 11.3 Å². The number of hydrogen-bond acceptors (Lipinski definition) is 5. The topological polar surface area (TPSA) is 76.3 Å². The first-order chi connectivity index (χ1) is 9.29. The van der Waals surface area contributed by atoms with Gasteiger partial charge in [0.05, 0.1) is 22.1 Å². The quantitative estimate of drug-likeness (QED) is 0.876. The van der Waals surface area contributed by atoms with Crippen LogP contribution in [0.25, 0.3) is 0 Å². The summed E-state index contributed by atoms with van der Waals surface area (Å²) in [6, 6.07) is 3.26. The molecule has 2 rings (SSSR count). The average molecular weight is 315 g/mol. The lowest BCUT2D eigenvalue weighted by atomic mass is 10.3. The fraction of sp³-hybridized carbons (Fsp3) is 0.250. The first-order valence-corrected chi connectivity index (χ1v) is 8.04. The van der Waals surface area contributed by atoms with Crippen molar-refractivity contribution in [2.75, 3.05) is 12.8 Å². The highest BCUT2D eigenvalue weighted by Gasteiger charge is 2.22. The molecule has 0 saturated carbocycles. The van der Waals surface area contributed by atoms with Crippen LogP contribution in [0.15, 0.2) is 28.5 Å². The van der Waals surface area contributed by atoms with E-state index in [0.29, 0.717) is 5.69 Å². The summed E-state index contributed by atoms with van der Waals surface area (Å²) in [5.41, 5.74) is 6.20. The van der Waals surface area contributed by atoms with Gasteiger partial charge in [-0.15, -0.1) is 11.3 Å². The van der Waals surface area contributed by atoms with Crippen LogP contribution in [0.5, 0.6) is 0 Å². The van der Waals surface area contributed by atoms with Crippen molar-refractivity contribution in [1.82, 2.24) is 9.29 Å². The van der Waals surface area contributed by atoms with Gasteiger partial charge in [0.1, 0.15) is 5.82 Å². The molecule has 0 unspecified atom stereocenters. The molecule has 0 saturated heterocycles. The zero-order valence-electron chi connectivity index (χ0n) is 11.0. The number of aromatic nitrogens is 1. The van der Waals surface area contributed by atoms with Crippen molar-refractivity contribution in [3.63, 3.8) is 0 Å². The fourth-order valence-corrected chi connectivity index (χ4v) is 3.52. The Labute approximate surface area is 120 Å².